The van der Waals surface area contributed by atoms with Crippen molar-refractivity contribution < 1.29 is 14.0 Å². The summed E-state index contributed by atoms with van der Waals surface area (Å²) in [5.74, 6) is -0.339. The summed E-state index contributed by atoms with van der Waals surface area (Å²) in [6, 6.07) is 4.00. The number of piperazine rings is 1. The topological polar surface area (TPSA) is 49.4 Å². The number of halogens is 2. The van der Waals surface area contributed by atoms with E-state index in [1.807, 2.05) is 13.8 Å². The maximum Gasteiger partial charge on any atom is 0.245 e. The second-order valence-corrected chi connectivity index (χ2v) is 6.64. The average molecular weight is 357 g/mol. The van der Waals surface area contributed by atoms with E-state index in [1.54, 1.807) is 6.07 Å². The molecule has 1 atom stereocenters. The first-order valence-electron chi connectivity index (χ1n) is 6.88. The van der Waals surface area contributed by atoms with E-state index in [9.17, 15) is 14.0 Å². The van der Waals surface area contributed by atoms with Crippen LogP contribution in [0.2, 0.25) is 0 Å². The molecule has 1 aromatic rings. The van der Waals surface area contributed by atoms with Gasteiger partial charge >= 0.3 is 0 Å². The summed E-state index contributed by atoms with van der Waals surface area (Å²) >= 11 is 3.23. The van der Waals surface area contributed by atoms with Gasteiger partial charge in [-0.2, -0.15) is 0 Å². The van der Waals surface area contributed by atoms with Crippen molar-refractivity contribution in [2.45, 2.75) is 32.9 Å². The zero-order chi connectivity index (χ0) is 15.6. The smallest absolute Gasteiger partial charge is 0.245 e. The highest BCUT2D eigenvalue weighted by Gasteiger charge is 2.32. The lowest BCUT2D eigenvalue weighted by molar-refractivity contribution is -0.145. The van der Waals surface area contributed by atoms with Crippen molar-refractivity contribution in [2.75, 3.05) is 6.54 Å². The Kier molecular flexibility index (Phi) is 4.98. The van der Waals surface area contributed by atoms with E-state index in [1.165, 1.54) is 17.0 Å². The highest BCUT2D eigenvalue weighted by atomic mass is 79.9. The molecule has 0 bridgehead atoms. The van der Waals surface area contributed by atoms with Gasteiger partial charge in [-0.15, -0.1) is 0 Å². The molecule has 1 aromatic carbocycles. The SMILES string of the molecule is CC(C)CC1NC(=O)CN(Cc2cc(F)cc(Br)c2)C1=O. The van der Waals surface area contributed by atoms with Crippen molar-refractivity contribution in [3.63, 3.8) is 0 Å². The van der Waals surface area contributed by atoms with Crippen LogP contribution in [0.25, 0.3) is 0 Å². The van der Waals surface area contributed by atoms with Gasteiger partial charge < -0.3 is 10.2 Å². The Hall–Kier alpha value is -1.43. The molecule has 0 saturated carbocycles. The number of nitrogens with zero attached hydrogens (tertiary/aromatic N) is 1. The van der Waals surface area contributed by atoms with Crippen LogP contribution in [-0.4, -0.2) is 29.3 Å². The van der Waals surface area contributed by atoms with Gasteiger partial charge in [-0.25, -0.2) is 4.39 Å². The van der Waals surface area contributed by atoms with Crippen LogP contribution in [0.5, 0.6) is 0 Å². The summed E-state index contributed by atoms with van der Waals surface area (Å²) in [5, 5.41) is 2.72. The van der Waals surface area contributed by atoms with Crippen LogP contribution >= 0.6 is 15.9 Å². The van der Waals surface area contributed by atoms with Crippen molar-refractivity contribution in [3.05, 3.63) is 34.1 Å². The molecule has 2 amide bonds. The Labute approximate surface area is 131 Å². The van der Waals surface area contributed by atoms with E-state index in [2.05, 4.69) is 21.2 Å². The second kappa shape index (κ2) is 6.56. The van der Waals surface area contributed by atoms with E-state index >= 15 is 0 Å². The summed E-state index contributed by atoms with van der Waals surface area (Å²) < 4.78 is 14.0. The van der Waals surface area contributed by atoms with Crippen LogP contribution in [-0.2, 0) is 16.1 Å². The minimum absolute atomic E-state index is 0.0154. The monoisotopic (exact) mass is 356 g/mol. The zero-order valence-corrected chi connectivity index (χ0v) is 13.6. The van der Waals surface area contributed by atoms with Gasteiger partial charge in [0.2, 0.25) is 11.8 Å². The lowest BCUT2D eigenvalue weighted by Crippen LogP contribution is -2.57. The van der Waals surface area contributed by atoms with E-state index in [4.69, 9.17) is 0 Å². The van der Waals surface area contributed by atoms with Crippen LogP contribution in [0, 0.1) is 11.7 Å². The first kappa shape index (κ1) is 15.9. The van der Waals surface area contributed by atoms with Crippen molar-refractivity contribution in [2.24, 2.45) is 5.92 Å². The number of nitrogens with one attached hydrogen (secondary N) is 1. The number of benzene rings is 1. The van der Waals surface area contributed by atoms with Crippen LogP contribution in [0.1, 0.15) is 25.8 Å². The Balaban J connectivity index is 2.14. The zero-order valence-electron chi connectivity index (χ0n) is 12.0. The molecule has 1 saturated heterocycles. The van der Waals surface area contributed by atoms with Crippen molar-refractivity contribution in [3.8, 4) is 0 Å². The van der Waals surface area contributed by atoms with Gasteiger partial charge in [-0.3, -0.25) is 9.59 Å². The van der Waals surface area contributed by atoms with E-state index in [0.29, 0.717) is 22.4 Å². The highest BCUT2D eigenvalue weighted by molar-refractivity contribution is 9.10. The molecule has 1 unspecified atom stereocenters. The molecule has 1 heterocycles. The molecular formula is C15H18BrFN2O2. The summed E-state index contributed by atoms with van der Waals surface area (Å²) in [6.07, 6.45) is 0.605. The maximum atomic E-state index is 13.4. The van der Waals surface area contributed by atoms with Crippen molar-refractivity contribution in [1.29, 1.82) is 0 Å². The number of amides is 2. The Bertz CT molecular complexity index is 542. The molecular weight excluding hydrogens is 339 g/mol. The Morgan fingerprint density at radius 3 is 2.71 bits per heavy atom. The van der Waals surface area contributed by atoms with Crippen molar-refractivity contribution in [1.82, 2.24) is 10.2 Å². The first-order chi connectivity index (χ1) is 9.85. The average Bonchev–Trinajstić information content (AvgIpc) is 2.33. The van der Waals surface area contributed by atoms with Crippen LogP contribution in [0.4, 0.5) is 4.39 Å². The summed E-state index contributed by atoms with van der Waals surface area (Å²) in [5.41, 5.74) is 0.660. The molecule has 2 rings (SSSR count). The molecule has 114 valence electrons. The van der Waals surface area contributed by atoms with Gasteiger partial charge in [-0.05, 0) is 36.1 Å². The number of hydrogen-bond acceptors (Lipinski definition) is 2. The maximum absolute atomic E-state index is 13.4. The molecule has 0 radical (unpaired) electrons. The molecule has 1 fully saturated rings. The third kappa shape index (κ3) is 4.27. The summed E-state index contributed by atoms with van der Waals surface area (Å²) in [6.45, 7) is 4.25. The van der Waals surface area contributed by atoms with Crippen LogP contribution in [0.3, 0.4) is 0 Å². The predicted octanol–water partition coefficient (Wildman–Crippen LogP) is 2.46. The summed E-state index contributed by atoms with van der Waals surface area (Å²) in [7, 11) is 0. The lowest BCUT2D eigenvalue weighted by Gasteiger charge is -2.33. The molecule has 21 heavy (non-hydrogen) atoms. The predicted molar refractivity (Wildman–Crippen MR) is 80.9 cm³/mol. The normalized spacial score (nSPS) is 19.1. The number of carbonyl (C=O) groups excluding carboxylic acids is 2. The van der Waals surface area contributed by atoms with Gasteiger partial charge in [-0.1, -0.05) is 29.8 Å². The quantitative estimate of drug-likeness (QED) is 0.900. The van der Waals surface area contributed by atoms with Crippen LogP contribution < -0.4 is 5.32 Å². The van der Waals surface area contributed by atoms with Gasteiger partial charge in [0, 0.05) is 11.0 Å². The van der Waals surface area contributed by atoms with Crippen LogP contribution in [0.15, 0.2) is 22.7 Å². The fraction of sp³-hybridized carbons (Fsp3) is 0.467. The minimum atomic E-state index is -0.483. The fourth-order valence-electron chi connectivity index (χ4n) is 2.46. The third-order valence-corrected chi connectivity index (χ3v) is 3.74. The van der Waals surface area contributed by atoms with Gasteiger partial charge in [0.05, 0.1) is 6.54 Å². The molecule has 1 aliphatic rings. The number of carbonyl (C=O) groups is 2. The molecule has 1 N–H and O–H groups in total. The molecule has 6 heteroatoms. The Morgan fingerprint density at radius 1 is 1.38 bits per heavy atom. The van der Waals surface area contributed by atoms with E-state index in [0.717, 1.165) is 0 Å². The molecule has 0 aliphatic carbocycles. The van der Waals surface area contributed by atoms with E-state index in [-0.39, 0.29) is 30.7 Å². The van der Waals surface area contributed by atoms with Crippen molar-refractivity contribution >= 4 is 27.7 Å². The largest absolute Gasteiger partial charge is 0.343 e. The standard InChI is InChI=1S/C15H18BrFN2O2/c1-9(2)3-13-15(21)19(8-14(20)18-13)7-10-4-11(16)6-12(17)5-10/h4-6,9,13H,3,7-8H2,1-2H3,(H,18,20). The third-order valence-electron chi connectivity index (χ3n) is 3.28. The lowest BCUT2D eigenvalue weighted by atomic mass is 10.0. The molecule has 4 nitrogen and oxygen atoms in total. The van der Waals surface area contributed by atoms with Gasteiger partial charge in [0.25, 0.3) is 0 Å². The molecule has 1 aliphatic heterocycles. The fourth-order valence-corrected chi connectivity index (χ4v) is 2.97. The molecule has 0 spiro atoms. The number of hydrogen-bond donors (Lipinski definition) is 1. The second-order valence-electron chi connectivity index (χ2n) is 5.72. The summed E-state index contributed by atoms with van der Waals surface area (Å²) in [4.78, 5) is 25.6. The van der Waals surface area contributed by atoms with Gasteiger partial charge in [0.15, 0.2) is 0 Å². The van der Waals surface area contributed by atoms with Gasteiger partial charge in [0.1, 0.15) is 11.9 Å². The van der Waals surface area contributed by atoms with E-state index < -0.39 is 6.04 Å². The first-order valence-corrected chi connectivity index (χ1v) is 7.67. The Morgan fingerprint density at radius 2 is 2.10 bits per heavy atom. The highest BCUT2D eigenvalue weighted by Crippen LogP contribution is 2.18. The minimum Gasteiger partial charge on any atom is -0.343 e. The number of rotatable bonds is 4. The molecule has 0 aromatic heterocycles.